The molecule has 1 atom stereocenters. The zero-order valence-corrected chi connectivity index (χ0v) is 20.2. The fourth-order valence-corrected chi connectivity index (χ4v) is 4.89. The molecule has 0 aliphatic carbocycles. The molecule has 2 aliphatic rings. The van der Waals surface area contributed by atoms with Crippen LogP contribution < -0.4 is 20.3 Å². The Hall–Kier alpha value is -2.73. The predicted octanol–water partition coefficient (Wildman–Crippen LogP) is 3.87. The van der Waals surface area contributed by atoms with Crippen LogP contribution in [-0.2, 0) is 13.1 Å². The van der Waals surface area contributed by atoms with E-state index in [1.165, 1.54) is 55.6 Å². The van der Waals surface area contributed by atoms with Crippen molar-refractivity contribution in [3.63, 3.8) is 0 Å². The van der Waals surface area contributed by atoms with Crippen molar-refractivity contribution in [2.75, 3.05) is 51.8 Å². The van der Waals surface area contributed by atoms with E-state index in [1.807, 2.05) is 19.2 Å². The van der Waals surface area contributed by atoms with Crippen LogP contribution in [0.3, 0.4) is 0 Å². The molecule has 2 aromatic carbocycles. The van der Waals surface area contributed by atoms with Crippen LogP contribution in [0.4, 0.5) is 5.69 Å². The summed E-state index contributed by atoms with van der Waals surface area (Å²) in [5.74, 6) is 2.40. The van der Waals surface area contributed by atoms with Gasteiger partial charge in [0.15, 0.2) is 5.96 Å². The molecule has 6 nitrogen and oxygen atoms in total. The maximum Gasteiger partial charge on any atom is 0.191 e. The van der Waals surface area contributed by atoms with E-state index in [2.05, 4.69) is 61.8 Å². The molecule has 0 aromatic heterocycles. The third-order valence-electron chi connectivity index (χ3n) is 6.83. The normalized spacial score (nSPS) is 19.5. The van der Waals surface area contributed by atoms with E-state index < -0.39 is 0 Å². The van der Waals surface area contributed by atoms with E-state index in [0.717, 1.165) is 44.4 Å². The van der Waals surface area contributed by atoms with Crippen LogP contribution in [0.2, 0.25) is 0 Å². The first-order valence-electron chi connectivity index (χ1n) is 12.4. The molecule has 178 valence electrons. The van der Waals surface area contributed by atoms with E-state index in [1.54, 1.807) is 7.11 Å². The zero-order valence-electron chi connectivity index (χ0n) is 20.2. The van der Waals surface area contributed by atoms with Gasteiger partial charge in [0, 0.05) is 39.8 Å². The minimum Gasteiger partial charge on any atom is -0.495 e. The van der Waals surface area contributed by atoms with E-state index >= 15 is 0 Å². The van der Waals surface area contributed by atoms with Gasteiger partial charge in [0.05, 0.1) is 12.8 Å². The van der Waals surface area contributed by atoms with Gasteiger partial charge >= 0.3 is 0 Å². The van der Waals surface area contributed by atoms with Crippen LogP contribution in [0, 0.1) is 5.92 Å². The summed E-state index contributed by atoms with van der Waals surface area (Å²) < 4.78 is 5.54. The first kappa shape index (κ1) is 23.4. The van der Waals surface area contributed by atoms with Gasteiger partial charge in [-0.05, 0) is 61.5 Å². The summed E-state index contributed by atoms with van der Waals surface area (Å²) in [5.41, 5.74) is 3.88. The minimum atomic E-state index is 0.586. The topological polar surface area (TPSA) is 52.1 Å². The Balaban J connectivity index is 1.20. The fraction of sp³-hybridized carbons (Fsp3) is 0.519. The Morgan fingerprint density at radius 2 is 1.73 bits per heavy atom. The van der Waals surface area contributed by atoms with Crippen molar-refractivity contribution in [3.8, 4) is 5.75 Å². The number of nitrogens with one attached hydrogen (secondary N) is 2. The number of piperidine rings is 1. The Morgan fingerprint density at radius 1 is 0.970 bits per heavy atom. The molecule has 2 N–H and O–H groups in total. The maximum absolute atomic E-state index is 5.54. The molecule has 0 bridgehead atoms. The number of likely N-dealkylation sites (tertiary alicyclic amines) is 1. The lowest BCUT2D eigenvalue weighted by Crippen LogP contribution is -2.40. The second kappa shape index (κ2) is 11.9. The van der Waals surface area contributed by atoms with Gasteiger partial charge in [-0.3, -0.25) is 9.89 Å². The second-order valence-electron chi connectivity index (χ2n) is 9.23. The minimum absolute atomic E-state index is 0.586. The highest BCUT2D eigenvalue weighted by Gasteiger charge is 2.24. The molecular weight excluding hydrogens is 410 g/mol. The first-order chi connectivity index (χ1) is 16.2. The molecule has 33 heavy (non-hydrogen) atoms. The molecule has 2 saturated heterocycles. The smallest absolute Gasteiger partial charge is 0.191 e. The molecule has 0 amide bonds. The molecule has 0 spiro atoms. The summed E-state index contributed by atoms with van der Waals surface area (Å²) in [6, 6.07) is 17.3. The second-order valence-corrected chi connectivity index (χ2v) is 9.23. The third kappa shape index (κ3) is 6.64. The molecule has 1 unspecified atom stereocenters. The number of aliphatic imine (C=N–C) groups is 1. The fourth-order valence-electron chi connectivity index (χ4n) is 4.89. The van der Waals surface area contributed by atoms with Gasteiger partial charge in [-0.25, -0.2) is 0 Å². The molecule has 2 aromatic rings. The van der Waals surface area contributed by atoms with Crippen molar-refractivity contribution in [2.24, 2.45) is 10.9 Å². The number of rotatable bonds is 8. The van der Waals surface area contributed by atoms with Crippen LogP contribution in [0.1, 0.15) is 36.8 Å². The highest BCUT2D eigenvalue weighted by atomic mass is 16.5. The molecule has 2 aliphatic heterocycles. The summed E-state index contributed by atoms with van der Waals surface area (Å²) in [6.45, 7) is 7.34. The highest BCUT2D eigenvalue weighted by molar-refractivity contribution is 5.79. The lowest BCUT2D eigenvalue weighted by Gasteiger charge is -2.26. The van der Waals surface area contributed by atoms with Crippen LogP contribution >= 0.6 is 0 Å². The van der Waals surface area contributed by atoms with Crippen LogP contribution in [-0.4, -0.2) is 57.7 Å². The number of anilines is 1. The Labute approximate surface area is 199 Å². The number of para-hydroxylation sites is 2. The van der Waals surface area contributed by atoms with Crippen LogP contribution in [0.5, 0.6) is 5.75 Å². The summed E-state index contributed by atoms with van der Waals surface area (Å²) in [6.07, 6.45) is 5.23. The first-order valence-corrected chi connectivity index (χ1v) is 12.4. The number of nitrogens with zero attached hydrogens (tertiary/aromatic N) is 3. The summed E-state index contributed by atoms with van der Waals surface area (Å²) in [4.78, 5) is 9.41. The number of guanidine groups is 1. The van der Waals surface area contributed by atoms with E-state index in [4.69, 9.17) is 4.74 Å². The van der Waals surface area contributed by atoms with Gasteiger partial charge in [-0.15, -0.1) is 0 Å². The SMILES string of the molecule is CN=C(NCc1ccc(CN2CCCCC2)cc1)NCC1CCN(c2ccccc2OC)C1. The van der Waals surface area contributed by atoms with Crippen molar-refractivity contribution >= 4 is 11.6 Å². The van der Waals surface area contributed by atoms with Gasteiger partial charge in [0.25, 0.3) is 0 Å². The average molecular weight is 450 g/mol. The Morgan fingerprint density at radius 3 is 2.48 bits per heavy atom. The lowest BCUT2D eigenvalue weighted by atomic mass is 10.1. The largest absolute Gasteiger partial charge is 0.495 e. The number of hydrogen-bond acceptors (Lipinski definition) is 4. The van der Waals surface area contributed by atoms with Crippen molar-refractivity contribution in [3.05, 3.63) is 59.7 Å². The zero-order chi connectivity index (χ0) is 22.9. The van der Waals surface area contributed by atoms with Gasteiger partial charge in [-0.2, -0.15) is 0 Å². The standard InChI is InChI=1S/C27H39N5O/c1-28-27(29-18-22-10-12-23(13-11-22)20-31-15-6-3-7-16-31)30-19-24-14-17-32(21-24)25-8-4-5-9-26(25)33-2/h4-5,8-13,24H,3,6-7,14-21H2,1-2H3,(H2,28,29,30). The summed E-state index contributed by atoms with van der Waals surface area (Å²) in [7, 11) is 3.58. The maximum atomic E-state index is 5.54. The number of hydrogen-bond donors (Lipinski definition) is 2. The van der Waals surface area contributed by atoms with Gasteiger partial charge in [-0.1, -0.05) is 42.8 Å². The molecule has 2 heterocycles. The van der Waals surface area contributed by atoms with E-state index in [9.17, 15) is 0 Å². The van der Waals surface area contributed by atoms with Crippen molar-refractivity contribution in [1.29, 1.82) is 0 Å². The van der Waals surface area contributed by atoms with Crippen molar-refractivity contribution in [1.82, 2.24) is 15.5 Å². The average Bonchev–Trinajstić information content (AvgIpc) is 3.34. The Kier molecular flexibility index (Phi) is 8.47. The number of benzene rings is 2. The van der Waals surface area contributed by atoms with Gasteiger partial charge < -0.3 is 20.3 Å². The highest BCUT2D eigenvalue weighted by Crippen LogP contribution is 2.31. The van der Waals surface area contributed by atoms with Gasteiger partial charge in [0.1, 0.15) is 5.75 Å². The molecule has 4 rings (SSSR count). The monoisotopic (exact) mass is 449 g/mol. The van der Waals surface area contributed by atoms with Crippen LogP contribution in [0.15, 0.2) is 53.5 Å². The predicted molar refractivity (Wildman–Crippen MR) is 137 cm³/mol. The molecular formula is C27H39N5O. The van der Waals surface area contributed by atoms with E-state index in [-0.39, 0.29) is 0 Å². The van der Waals surface area contributed by atoms with Crippen molar-refractivity contribution in [2.45, 2.75) is 38.8 Å². The molecule has 0 saturated carbocycles. The molecule has 6 heteroatoms. The lowest BCUT2D eigenvalue weighted by molar-refractivity contribution is 0.221. The number of ether oxygens (including phenoxy) is 1. The van der Waals surface area contributed by atoms with Crippen LogP contribution in [0.25, 0.3) is 0 Å². The molecule has 2 fully saturated rings. The van der Waals surface area contributed by atoms with Gasteiger partial charge in [0.2, 0.25) is 0 Å². The Bertz CT molecular complexity index is 892. The van der Waals surface area contributed by atoms with Crippen molar-refractivity contribution < 1.29 is 4.74 Å². The quantitative estimate of drug-likeness (QED) is 0.473. The van der Waals surface area contributed by atoms with E-state index in [0.29, 0.717) is 5.92 Å². The summed E-state index contributed by atoms with van der Waals surface area (Å²) in [5, 5.41) is 6.99. The number of methoxy groups -OCH3 is 1. The summed E-state index contributed by atoms with van der Waals surface area (Å²) >= 11 is 0. The third-order valence-corrected chi connectivity index (χ3v) is 6.83. The molecule has 0 radical (unpaired) electrons.